The van der Waals surface area contributed by atoms with Crippen molar-refractivity contribution in [2.75, 3.05) is 5.73 Å². The monoisotopic (exact) mass is 319 g/mol. The van der Waals surface area contributed by atoms with Crippen LogP contribution in [-0.4, -0.2) is 11.2 Å². The minimum Gasteiger partial charge on any atom is -0.398 e. The Labute approximate surface area is 105 Å². The Balaban J connectivity index is 0.000000336. The molecule has 0 aromatic heterocycles. The summed E-state index contributed by atoms with van der Waals surface area (Å²) >= 11 is 2.25. The van der Waals surface area contributed by atoms with Gasteiger partial charge in [-0.05, 0) is 53.6 Å². The second-order valence-electron chi connectivity index (χ2n) is 3.19. The lowest BCUT2D eigenvalue weighted by Gasteiger charge is -1.99. The zero-order chi connectivity index (χ0) is 11.8. The van der Waals surface area contributed by atoms with Gasteiger partial charge >= 0.3 is 0 Å². The van der Waals surface area contributed by atoms with Gasteiger partial charge in [-0.3, -0.25) is 0 Å². The van der Waals surface area contributed by atoms with Crippen molar-refractivity contribution in [3.63, 3.8) is 0 Å². The van der Waals surface area contributed by atoms with Crippen LogP contribution >= 0.6 is 22.6 Å². The fourth-order valence-electron chi connectivity index (χ4n) is 0.791. The molecule has 3 heteroatoms. The van der Waals surface area contributed by atoms with E-state index in [1.165, 1.54) is 11.6 Å². The van der Waals surface area contributed by atoms with Crippen LogP contribution in [0.2, 0.25) is 0 Å². The molecule has 0 saturated heterocycles. The maximum atomic E-state index is 8.24. The van der Waals surface area contributed by atoms with Gasteiger partial charge in [-0.25, -0.2) is 0 Å². The molecule has 1 rings (SSSR count). The van der Waals surface area contributed by atoms with E-state index >= 15 is 0 Å². The SMILES string of the molecule is C=CC(C)O.CCc1ccc(N)c(I)c1. The Morgan fingerprint density at radius 2 is 2.13 bits per heavy atom. The van der Waals surface area contributed by atoms with Gasteiger partial charge in [0.05, 0.1) is 6.10 Å². The number of benzene rings is 1. The number of anilines is 1. The maximum absolute atomic E-state index is 8.24. The Kier molecular flexibility index (Phi) is 7.42. The molecular weight excluding hydrogens is 301 g/mol. The van der Waals surface area contributed by atoms with Crippen molar-refractivity contribution in [2.24, 2.45) is 0 Å². The number of aryl methyl sites for hydroxylation is 1. The van der Waals surface area contributed by atoms with Crippen LogP contribution in [0.4, 0.5) is 5.69 Å². The topological polar surface area (TPSA) is 46.2 Å². The molecule has 0 fully saturated rings. The first-order chi connectivity index (χ1) is 7.01. The van der Waals surface area contributed by atoms with E-state index in [-0.39, 0.29) is 6.10 Å². The number of hydrogen-bond donors (Lipinski definition) is 2. The predicted octanol–water partition coefficient (Wildman–Crippen LogP) is 2.99. The van der Waals surface area contributed by atoms with E-state index in [4.69, 9.17) is 10.8 Å². The van der Waals surface area contributed by atoms with Crippen molar-refractivity contribution in [2.45, 2.75) is 26.4 Å². The smallest absolute Gasteiger partial charge is 0.0690 e. The fraction of sp³-hybridized carbons (Fsp3) is 0.333. The van der Waals surface area contributed by atoms with Crippen LogP contribution in [0.25, 0.3) is 0 Å². The highest BCUT2D eigenvalue weighted by molar-refractivity contribution is 14.1. The number of halogens is 1. The zero-order valence-electron chi connectivity index (χ0n) is 9.20. The highest BCUT2D eigenvalue weighted by atomic mass is 127. The third kappa shape index (κ3) is 6.52. The summed E-state index contributed by atoms with van der Waals surface area (Å²) in [6, 6.07) is 6.15. The molecule has 0 aliphatic rings. The van der Waals surface area contributed by atoms with Gasteiger partial charge in [0.1, 0.15) is 0 Å². The lowest BCUT2D eigenvalue weighted by atomic mass is 10.2. The first kappa shape index (κ1) is 14.5. The molecule has 1 atom stereocenters. The molecule has 0 aliphatic carbocycles. The molecule has 0 spiro atoms. The Morgan fingerprint density at radius 3 is 2.47 bits per heavy atom. The van der Waals surface area contributed by atoms with Crippen molar-refractivity contribution < 1.29 is 5.11 Å². The van der Waals surface area contributed by atoms with E-state index in [1.807, 2.05) is 6.07 Å². The maximum Gasteiger partial charge on any atom is 0.0690 e. The van der Waals surface area contributed by atoms with E-state index in [1.54, 1.807) is 6.92 Å². The lowest BCUT2D eigenvalue weighted by molar-refractivity contribution is 0.244. The standard InChI is InChI=1S/C8H10IN.C4H8O/c1-2-6-3-4-8(10)7(9)5-6;1-3-4(2)5/h3-5H,2,10H2,1H3;3-5H,1H2,2H3. The molecule has 2 nitrogen and oxygen atoms in total. The van der Waals surface area contributed by atoms with Gasteiger partial charge in [0.25, 0.3) is 0 Å². The Morgan fingerprint density at radius 1 is 1.60 bits per heavy atom. The van der Waals surface area contributed by atoms with Crippen molar-refractivity contribution in [3.05, 3.63) is 40.0 Å². The summed E-state index contributed by atoms with van der Waals surface area (Å²) in [5.74, 6) is 0. The van der Waals surface area contributed by atoms with Gasteiger partial charge in [0, 0.05) is 9.26 Å². The number of nitrogens with two attached hydrogens (primary N) is 1. The molecule has 15 heavy (non-hydrogen) atoms. The summed E-state index contributed by atoms with van der Waals surface area (Å²) in [5, 5.41) is 8.24. The summed E-state index contributed by atoms with van der Waals surface area (Å²) in [6.07, 6.45) is 2.20. The number of aliphatic hydroxyl groups excluding tert-OH is 1. The summed E-state index contributed by atoms with van der Waals surface area (Å²) in [6.45, 7) is 7.11. The van der Waals surface area contributed by atoms with Crippen LogP contribution in [-0.2, 0) is 6.42 Å². The van der Waals surface area contributed by atoms with Crippen molar-refractivity contribution in [1.29, 1.82) is 0 Å². The highest BCUT2D eigenvalue weighted by Crippen LogP contribution is 2.16. The van der Waals surface area contributed by atoms with E-state index in [0.29, 0.717) is 0 Å². The van der Waals surface area contributed by atoms with Gasteiger partial charge in [-0.2, -0.15) is 0 Å². The normalized spacial score (nSPS) is 11.2. The molecular formula is C12H18INO. The van der Waals surface area contributed by atoms with Gasteiger partial charge in [0.2, 0.25) is 0 Å². The largest absolute Gasteiger partial charge is 0.398 e. The highest BCUT2D eigenvalue weighted by Gasteiger charge is 1.94. The van der Waals surface area contributed by atoms with E-state index < -0.39 is 0 Å². The zero-order valence-corrected chi connectivity index (χ0v) is 11.4. The molecule has 84 valence electrons. The molecule has 1 aromatic carbocycles. The Hall–Kier alpha value is -0.550. The molecule has 0 bridgehead atoms. The van der Waals surface area contributed by atoms with Crippen molar-refractivity contribution >= 4 is 28.3 Å². The van der Waals surface area contributed by atoms with Crippen LogP contribution in [0.15, 0.2) is 30.9 Å². The van der Waals surface area contributed by atoms with Crippen LogP contribution in [0.3, 0.4) is 0 Å². The summed E-state index contributed by atoms with van der Waals surface area (Å²) in [7, 11) is 0. The van der Waals surface area contributed by atoms with Crippen molar-refractivity contribution in [3.8, 4) is 0 Å². The van der Waals surface area contributed by atoms with Crippen molar-refractivity contribution in [1.82, 2.24) is 0 Å². The van der Waals surface area contributed by atoms with Gasteiger partial charge in [-0.15, -0.1) is 6.58 Å². The third-order valence-corrected chi connectivity index (χ3v) is 2.75. The molecule has 0 radical (unpaired) electrons. The molecule has 0 aliphatic heterocycles. The minimum absolute atomic E-state index is 0.352. The molecule has 1 unspecified atom stereocenters. The number of aliphatic hydroxyl groups is 1. The van der Waals surface area contributed by atoms with E-state index in [2.05, 4.69) is 48.2 Å². The molecule has 0 heterocycles. The van der Waals surface area contributed by atoms with E-state index in [0.717, 1.165) is 15.7 Å². The van der Waals surface area contributed by atoms with Crippen LogP contribution in [0.1, 0.15) is 19.4 Å². The molecule has 1 aromatic rings. The second kappa shape index (κ2) is 7.70. The quantitative estimate of drug-likeness (QED) is 0.500. The van der Waals surface area contributed by atoms with Crippen LogP contribution in [0, 0.1) is 3.57 Å². The average molecular weight is 319 g/mol. The number of hydrogen-bond acceptors (Lipinski definition) is 2. The fourth-order valence-corrected chi connectivity index (χ4v) is 1.37. The lowest BCUT2D eigenvalue weighted by Crippen LogP contribution is -1.90. The number of nitrogen functional groups attached to an aromatic ring is 1. The van der Waals surface area contributed by atoms with Crippen LogP contribution in [0.5, 0.6) is 0 Å². The van der Waals surface area contributed by atoms with Gasteiger partial charge in [-0.1, -0.05) is 19.1 Å². The number of rotatable bonds is 2. The predicted molar refractivity (Wildman–Crippen MR) is 74.8 cm³/mol. The summed E-state index contributed by atoms with van der Waals surface area (Å²) in [4.78, 5) is 0. The van der Waals surface area contributed by atoms with Gasteiger partial charge in [0.15, 0.2) is 0 Å². The summed E-state index contributed by atoms with van der Waals surface area (Å²) < 4.78 is 1.15. The van der Waals surface area contributed by atoms with E-state index in [9.17, 15) is 0 Å². The molecule has 0 amide bonds. The summed E-state index contributed by atoms with van der Waals surface area (Å²) in [5.41, 5.74) is 7.85. The van der Waals surface area contributed by atoms with Gasteiger partial charge < -0.3 is 10.8 Å². The first-order valence-electron chi connectivity index (χ1n) is 4.85. The third-order valence-electron chi connectivity index (χ3n) is 1.81. The Bertz CT molecular complexity index is 310. The molecule has 3 N–H and O–H groups in total. The minimum atomic E-state index is -0.352. The average Bonchev–Trinajstić information content (AvgIpc) is 2.23. The second-order valence-corrected chi connectivity index (χ2v) is 4.35. The first-order valence-corrected chi connectivity index (χ1v) is 5.93. The van der Waals surface area contributed by atoms with Crippen LogP contribution < -0.4 is 5.73 Å². The molecule has 0 saturated carbocycles.